The molecular weight excluding hydrogens is 306 g/mol. The van der Waals surface area contributed by atoms with Crippen molar-refractivity contribution in [2.45, 2.75) is 18.9 Å². The molecule has 19 heavy (non-hydrogen) atoms. The lowest BCUT2D eigenvalue weighted by molar-refractivity contribution is 0.177. The van der Waals surface area contributed by atoms with Gasteiger partial charge in [-0.05, 0) is 34.3 Å². The molecule has 0 spiro atoms. The Bertz CT molecular complexity index is 507. The number of rotatable bonds is 6. The van der Waals surface area contributed by atoms with E-state index in [4.69, 9.17) is 0 Å². The molecule has 0 saturated carbocycles. The van der Waals surface area contributed by atoms with Gasteiger partial charge in [-0.15, -0.1) is 0 Å². The minimum Gasteiger partial charge on any atom is -0.391 e. The van der Waals surface area contributed by atoms with Gasteiger partial charge >= 0.3 is 0 Å². The van der Waals surface area contributed by atoms with Crippen molar-refractivity contribution in [1.29, 1.82) is 0 Å². The fourth-order valence-electron chi connectivity index (χ4n) is 1.74. The number of benzene rings is 1. The van der Waals surface area contributed by atoms with E-state index in [0.717, 1.165) is 17.3 Å². The highest BCUT2D eigenvalue weighted by Crippen LogP contribution is 2.17. The summed E-state index contributed by atoms with van der Waals surface area (Å²) in [5, 5.41) is 13.0. The Hall–Kier alpha value is -1.46. The minimum atomic E-state index is -0.401. The number of aliphatic hydroxyl groups is 1. The van der Waals surface area contributed by atoms with E-state index in [1.54, 1.807) is 6.20 Å². The standard InChI is InChI=1S/C14H16BrN3O/c15-13-9-16-10-18-14(13)17-8-12(19)7-6-11-4-2-1-3-5-11/h1-5,9-10,12,19H,6-8H2,(H,16,17,18)/t12-/m1/s1. The van der Waals surface area contributed by atoms with Crippen LogP contribution in [-0.2, 0) is 6.42 Å². The summed E-state index contributed by atoms with van der Waals surface area (Å²) in [7, 11) is 0. The maximum absolute atomic E-state index is 9.94. The highest BCUT2D eigenvalue weighted by molar-refractivity contribution is 9.10. The molecule has 5 heteroatoms. The van der Waals surface area contributed by atoms with E-state index in [1.807, 2.05) is 18.2 Å². The van der Waals surface area contributed by atoms with Gasteiger partial charge in [0.05, 0.1) is 10.6 Å². The Morgan fingerprint density at radius 1 is 1.26 bits per heavy atom. The number of hydrogen-bond acceptors (Lipinski definition) is 4. The van der Waals surface area contributed by atoms with E-state index in [9.17, 15) is 5.11 Å². The van der Waals surface area contributed by atoms with Gasteiger partial charge in [-0.2, -0.15) is 0 Å². The average Bonchev–Trinajstić information content (AvgIpc) is 2.45. The molecule has 0 saturated heterocycles. The van der Waals surface area contributed by atoms with Gasteiger partial charge in [-0.25, -0.2) is 9.97 Å². The second kappa shape index (κ2) is 7.21. The normalized spacial score (nSPS) is 12.1. The van der Waals surface area contributed by atoms with Crippen molar-refractivity contribution < 1.29 is 5.11 Å². The van der Waals surface area contributed by atoms with Gasteiger partial charge < -0.3 is 10.4 Å². The summed E-state index contributed by atoms with van der Waals surface area (Å²) in [6.07, 6.45) is 4.34. The highest BCUT2D eigenvalue weighted by atomic mass is 79.9. The van der Waals surface area contributed by atoms with E-state index >= 15 is 0 Å². The average molecular weight is 322 g/mol. The van der Waals surface area contributed by atoms with E-state index < -0.39 is 6.10 Å². The summed E-state index contributed by atoms with van der Waals surface area (Å²) < 4.78 is 0.797. The molecule has 2 aromatic rings. The second-order valence-corrected chi connectivity index (χ2v) is 5.13. The number of halogens is 1. The van der Waals surface area contributed by atoms with Crippen LogP contribution in [0.1, 0.15) is 12.0 Å². The van der Waals surface area contributed by atoms with Gasteiger partial charge in [0.15, 0.2) is 0 Å². The molecule has 4 nitrogen and oxygen atoms in total. The summed E-state index contributed by atoms with van der Waals surface area (Å²) in [5.74, 6) is 0.703. The smallest absolute Gasteiger partial charge is 0.143 e. The maximum atomic E-state index is 9.94. The Balaban J connectivity index is 1.76. The number of nitrogens with zero attached hydrogens (tertiary/aromatic N) is 2. The molecule has 0 aliphatic heterocycles. The molecule has 0 unspecified atom stereocenters. The third kappa shape index (κ3) is 4.61. The van der Waals surface area contributed by atoms with Gasteiger partial charge in [0.1, 0.15) is 12.1 Å². The number of aryl methyl sites for hydroxylation is 1. The van der Waals surface area contributed by atoms with Gasteiger partial charge in [-0.1, -0.05) is 30.3 Å². The van der Waals surface area contributed by atoms with Crippen LogP contribution in [0, 0.1) is 0 Å². The van der Waals surface area contributed by atoms with Crippen LogP contribution in [0.4, 0.5) is 5.82 Å². The monoisotopic (exact) mass is 321 g/mol. The van der Waals surface area contributed by atoms with Crippen LogP contribution in [0.25, 0.3) is 0 Å². The lowest BCUT2D eigenvalue weighted by atomic mass is 10.1. The van der Waals surface area contributed by atoms with Crippen molar-refractivity contribution in [2.24, 2.45) is 0 Å². The molecular formula is C14H16BrN3O. The van der Waals surface area contributed by atoms with Crippen LogP contribution < -0.4 is 5.32 Å². The summed E-state index contributed by atoms with van der Waals surface area (Å²) in [6.45, 7) is 0.475. The first-order chi connectivity index (χ1) is 9.25. The van der Waals surface area contributed by atoms with Crippen molar-refractivity contribution in [3.8, 4) is 0 Å². The van der Waals surface area contributed by atoms with Gasteiger partial charge in [0.25, 0.3) is 0 Å². The Morgan fingerprint density at radius 2 is 2.05 bits per heavy atom. The van der Waals surface area contributed by atoms with Crippen LogP contribution >= 0.6 is 15.9 Å². The number of nitrogens with one attached hydrogen (secondary N) is 1. The molecule has 0 aliphatic carbocycles. The van der Waals surface area contributed by atoms with E-state index in [2.05, 4.69) is 43.3 Å². The third-order valence-corrected chi connectivity index (χ3v) is 3.36. The van der Waals surface area contributed by atoms with Gasteiger partial charge in [-0.3, -0.25) is 0 Å². The Kier molecular flexibility index (Phi) is 5.30. The Morgan fingerprint density at radius 3 is 2.79 bits per heavy atom. The van der Waals surface area contributed by atoms with Crippen LogP contribution in [0.2, 0.25) is 0 Å². The largest absolute Gasteiger partial charge is 0.391 e. The fourth-order valence-corrected chi connectivity index (χ4v) is 2.10. The number of aliphatic hydroxyl groups excluding tert-OH is 1. The van der Waals surface area contributed by atoms with E-state index in [-0.39, 0.29) is 0 Å². The first-order valence-corrected chi connectivity index (χ1v) is 6.96. The van der Waals surface area contributed by atoms with E-state index in [1.165, 1.54) is 11.9 Å². The van der Waals surface area contributed by atoms with Gasteiger partial charge in [0.2, 0.25) is 0 Å². The number of anilines is 1. The predicted molar refractivity (Wildman–Crippen MR) is 79.0 cm³/mol. The minimum absolute atomic E-state index is 0.401. The summed E-state index contributed by atoms with van der Waals surface area (Å²) in [4.78, 5) is 7.98. The molecule has 1 aromatic carbocycles. The number of hydrogen-bond donors (Lipinski definition) is 2. The van der Waals surface area contributed by atoms with Crippen molar-refractivity contribution in [3.05, 3.63) is 52.9 Å². The lowest BCUT2D eigenvalue weighted by Crippen LogP contribution is -2.20. The molecule has 2 rings (SSSR count). The predicted octanol–water partition coefficient (Wildman–Crippen LogP) is 2.64. The maximum Gasteiger partial charge on any atom is 0.143 e. The molecule has 0 bridgehead atoms. The molecule has 100 valence electrons. The lowest BCUT2D eigenvalue weighted by Gasteiger charge is -2.12. The number of aromatic nitrogens is 2. The molecule has 1 heterocycles. The second-order valence-electron chi connectivity index (χ2n) is 4.28. The third-order valence-electron chi connectivity index (χ3n) is 2.78. The zero-order chi connectivity index (χ0) is 13.5. The quantitative estimate of drug-likeness (QED) is 0.858. The topological polar surface area (TPSA) is 58.0 Å². The zero-order valence-electron chi connectivity index (χ0n) is 10.5. The molecule has 0 radical (unpaired) electrons. The zero-order valence-corrected chi connectivity index (χ0v) is 12.0. The summed E-state index contributed by atoms with van der Waals surface area (Å²) in [5.41, 5.74) is 1.24. The van der Waals surface area contributed by atoms with Crippen LogP contribution in [0.15, 0.2) is 47.3 Å². The molecule has 2 N–H and O–H groups in total. The van der Waals surface area contributed by atoms with Gasteiger partial charge in [0, 0.05) is 12.7 Å². The molecule has 0 amide bonds. The highest BCUT2D eigenvalue weighted by Gasteiger charge is 2.06. The first-order valence-electron chi connectivity index (χ1n) is 6.17. The summed E-state index contributed by atoms with van der Waals surface area (Å²) >= 11 is 3.35. The van der Waals surface area contributed by atoms with E-state index in [0.29, 0.717) is 12.4 Å². The molecule has 0 aliphatic rings. The molecule has 1 atom stereocenters. The van der Waals surface area contributed by atoms with Crippen LogP contribution in [0.3, 0.4) is 0 Å². The van der Waals surface area contributed by atoms with Crippen molar-refractivity contribution in [3.63, 3.8) is 0 Å². The Labute approximate surface area is 121 Å². The van der Waals surface area contributed by atoms with Crippen LogP contribution in [-0.4, -0.2) is 27.7 Å². The van der Waals surface area contributed by atoms with Crippen molar-refractivity contribution in [2.75, 3.05) is 11.9 Å². The summed E-state index contributed by atoms with van der Waals surface area (Å²) in [6, 6.07) is 10.2. The fraction of sp³-hybridized carbons (Fsp3) is 0.286. The van der Waals surface area contributed by atoms with Crippen LogP contribution in [0.5, 0.6) is 0 Å². The SMILES string of the molecule is O[C@H](CCc1ccccc1)CNc1ncncc1Br. The van der Waals surface area contributed by atoms with Crippen molar-refractivity contribution >= 4 is 21.7 Å². The first kappa shape index (κ1) is 14.0. The molecule has 1 aromatic heterocycles. The van der Waals surface area contributed by atoms with Crippen molar-refractivity contribution in [1.82, 2.24) is 9.97 Å². The molecule has 0 fully saturated rings.